The number of esters is 2. The monoisotopic (exact) mass is 826 g/mol. The Kier molecular flexibility index (Phi) is 39.2. The van der Waals surface area contributed by atoms with Crippen LogP contribution in [0.5, 0.6) is 0 Å². The molecule has 0 radical (unpaired) electrons. The minimum atomic E-state index is -1.14. The van der Waals surface area contributed by atoms with Crippen molar-refractivity contribution in [3.63, 3.8) is 0 Å². The summed E-state index contributed by atoms with van der Waals surface area (Å²) in [5.41, 5.74) is 0. The molecule has 59 heavy (non-hydrogen) atoms. The number of carbonyl (C=O) groups excluding carboxylic acids is 3. The minimum Gasteiger partial charge on any atom is -0.544 e. The highest BCUT2D eigenvalue weighted by Gasteiger charge is 2.25. The first-order valence-corrected chi connectivity index (χ1v) is 23.5. The van der Waals surface area contributed by atoms with E-state index in [2.05, 4.69) is 74.6 Å². The first-order chi connectivity index (χ1) is 28.6. The van der Waals surface area contributed by atoms with Gasteiger partial charge in [0, 0.05) is 19.3 Å². The number of carboxylic acids is 1. The molecular weight excluding hydrogens is 739 g/mol. The van der Waals surface area contributed by atoms with Gasteiger partial charge in [-0.1, -0.05) is 164 Å². The van der Waals surface area contributed by atoms with Crippen LogP contribution in [0.25, 0.3) is 0 Å². The van der Waals surface area contributed by atoms with Crippen molar-refractivity contribution in [1.82, 2.24) is 0 Å². The van der Waals surface area contributed by atoms with Crippen molar-refractivity contribution >= 4 is 17.9 Å². The number of hydrogen-bond acceptors (Lipinski definition) is 7. The molecule has 2 atom stereocenters. The SMILES string of the molecule is CC/C=C/C/C=C/C/C=C/C/C=C/C/C=C/CCC(=O)OCC(COCCC(C(=O)[O-])[N+](C)(C)C)OC(=O)CCCCCCCCC/C=C/CCCCCCCCCC. The van der Waals surface area contributed by atoms with Crippen LogP contribution in [0.15, 0.2) is 72.9 Å². The third kappa shape index (κ3) is 40.0. The van der Waals surface area contributed by atoms with Crippen LogP contribution in [0.2, 0.25) is 0 Å². The average Bonchev–Trinajstić information content (AvgIpc) is 3.19. The lowest BCUT2D eigenvalue weighted by atomic mass is 10.1. The van der Waals surface area contributed by atoms with E-state index in [0.29, 0.717) is 12.8 Å². The minimum absolute atomic E-state index is 0.0130. The molecule has 0 amide bonds. The van der Waals surface area contributed by atoms with Gasteiger partial charge in [-0.25, -0.2) is 0 Å². The maximum Gasteiger partial charge on any atom is 0.306 e. The van der Waals surface area contributed by atoms with Crippen LogP contribution in [-0.2, 0) is 28.6 Å². The molecular formula is C51H87NO7. The van der Waals surface area contributed by atoms with Gasteiger partial charge in [0.2, 0.25) is 0 Å². The highest BCUT2D eigenvalue weighted by atomic mass is 16.6. The van der Waals surface area contributed by atoms with E-state index in [9.17, 15) is 19.5 Å². The van der Waals surface area contributed by atoms with Crippen molar-refractivity contribution in [2.45, 2.75) is 193 Å². The normalized spacial score (nSPS) is 13.6. The molecule has 0 saturated carbocycles. The third-order valence-corrected chi connectivity index (χ3v) is 10.1. The van der Waals surface area contributed by atoms with Crippen molar-refractivity contribution in [2.24, 2.45) is 0 Å². The summed E-state index contributed by atoms with van der Waals surface area (Å²) < 4.78 is 17.1. The highest BCUT2D eigenvalue weighted by molar-refractivity contribution is 5.70. The summed E-state index contributed by atoms with van der Waals surface area (Å²) in [7, 11) is 5.38. The number of unbranched alkanes of at least 4 members (excludes halogenated alkanes) is 15. The van der Waals surface area contributed by atoms with Gasteiger partial charge in [0.1, 0.15) is 12.6 Å². The molecule has 0 bridgehead atoms. The van der Waals surface area contributed by atoms with E-state index in [4.69, 9.17) is 14.2 Å². The van der Waals surface area contributed by atoms with Crippen molar-refractivity contribution < 1.29 is 38.2 Å². The molecule has 0 aromatic rings. The van der Waals surface area contributed by atoms with Crippen LogP contribution in [0.3, 0.4) is 0 Å². The number of quaternary nitrogens is 1. The number of aliphatic carboxylic acids is 1. The quantitative estimate of drug-likeness (QED) is 0.0262. The molecule has 2 unspecified atom stereocenters. The Hall–Kier alpha value is -3.23. The van der Waals surface area contributed by atoms with E-state index >= 15 is 0 Å². The number of carbonyl (C=O) groups is 3. The van der Waals surface area contributed by atoms with Gasteiger partial charge in [0.05, 0.1) is 40.3 Å². The fraction of sp³-hybridized carbons (Fsp3) is 0.706. The Morgan fingerprint density at radius 3 is 1.47 bits per heavy atom. The van der Waals surface area contributed by atoms with Crippen molar-refractivity contribution in [1.29, 1.82) is 0 Å². The predicted molar refractivity (Wildman–Crippen MR) is 245 cm³/mol. The van der Waals surface area contributed by atoms with Crippen molar-refractivity contribution in [2.75, 3.05) is 41.0 Å². The standard InChI is InChI=1S/C51H87NO7/c1-6-8-10-12-14-16-18-20-22-24-25-26-28-30-32-34-36-38-40-42-50(54)59-47(45-57-44-43-48(51(55)56)52(3,4)5)46-58-49(53)41-39-37-35-33-31-29-27-23-21-19-17-15-13-11-9-7-2/h9,11,15,17,21,23-25,29,31,35,37,47-48H,6-8,10,12-14,16,18-20,22,26-28,30,32-34,36,38-46H2,1-5H3/b11-9+,17-15+,23-21+,25-24+,31-29+,37-35+. The van der Waals surface area contributed by atoms with Gasteiger partial charge in [0.15, 0.2) is 6.10 Å². The molecule has 0 spiro atoms. The third-order valence-electron chi connectivity index (χ3n) is 10.1. The molecule has 338 valence electrons. The van der Waals surface area contributed by atoms with Crippen molar-refractivity contribution in [3.8, 4) is 0 Å². The summed E-state index contributed by atoms with van der Waals surface area (Å²) in [6, 6.07) is -0.740. The van der Waals surface area contributed by atoms with Crippen molar-refractivity contribution in [3.05, 3.63) is 72.9 Å². The molecule has 0 aromatic carbocycles. The lowest BCUT2D eigenvalue weighted by Gasteiger charge is -2.34. The molecule has 8 heteroatoms. The fourth-order valence-electron chi connectivity index (χ4n) is 6.47. The second-order valence-electron chi connectivity index (χ2n) is 16.6. The molecule has 0 rings (SSSR count). The van der Waals surface area contributed by atoms with Gasteiger partial charge in [-0.2, -0.15) is 0 Å². The number of rotatable bonds is 41. The second-order valence-corrected chi connectivity index (χ2v) is 16.6. The summed E-state index contributed by atoms with van der Waals surface area (Å²) >= 11 is 0. The Labute approximate surface area is 361 Å². The summed E-state index contributed by atoms with van der Waals surface area (Å²) in [4.78, 5) is 36.9. The zero-order valence-corrected chi connectivity index (χ0v) is 38.4. The molecule has 8 nitrogen and oxygen atoms in total. The van der Waals surface area contributed by atoms with Crippen LogP contribution in [0.4, 0.5) is 0 Å². The number of hydrogen-bond donors (Lipinski definition) is 0. The molecule has 0 aliphatic carbocycles. The van der Waals surface area contributed by atoms with Gasteiger partial charge in [-0.15, -0.1) is 0 Å². The van der Waals surface area contributed by atoms with Gasteiger partial charge in [-0.3, -0.25) is 9.59 Å². The smallest absolute Gasteiger partial charge is 0.306 e. The molecule has 0 aliphatic rings. The summed E-state index contributed by atoms with van der Waals surface area (Å²) in [6.45, 7) is 4.46. The second kappa shape index (κ2) is 41.5. The number of ether oxygens (including phenoxy) is 3. The Morgan fingerprint density at radius 2 is 0.983 bits per heavy atom. The molecule has 0 heterocycles. The number of carboxylic acid groups (broad SMARTS) is 1. The maximum atomic E-state index is 12.7. The van der Waals surface area contributed by atoms with Gasteiger partial charge in [-0.05, 0) is 70.6 Å². The van der Waals surface area contributed by atoms with Crippen LogP contribution >= 0.6 is 0 Å². The molecule has 0 N–H and O–H groups in total. The van der Waals surface area contributed by atoms with Crippen LogP contribution in [0, 0.1) is 0 Å². The number of nitrogens with zero attached hydrogens (tertiary/aromatic N) is 1. The van der Waals surface area contributed by atoms with Crippen LogP contribution in [0.1, 0.15) is 181 Å². The highest BCUT2D eigenvalue weighted by Crippen LogP contribution is 2.14. The number of allylic oxidation sites excluding steroid dienone is 12. The summed E-state index contributed by atoms with van der Waals surface area (Å²) in [5.74, 6) is -1.85. The van der Waals surface area contributed by atoms with Crippen LogP contribution in [-0.4, -0.2) is 75.5 Å². The molecule has 0 fully saturated rings. The van der Waals surface area contributed by atoms with Crippen LogP contribution < -0.4 is 5.11 Å². The predicted octanol–water partition coefficient (Wildman–Crippen LogP) is 11.8. The zero-order chi connectivity index (χ0) is 43.5. The summed E-state index contributed by atoms with van der Waals surface area (Å²) in [6.07, 6.45) is 52.3. The Bertz CT molecular complexity index is 1190. The molecule has 0 aliphatic heterocycles. The first kappa shape index (κ1) is 55.8. The molecule has 0 aromatic heterocycles. The number of likely N-dealkylation sites (N-methyl/N-ethyl adjacent to an activating group) is 1. The van der Waals surface area contributed by atoms with Gasteiger partial charge in [0.25, 0.3) is 0 Å². The zero-order valence-electron chi connectivity index (χ0n) is 38.4. The lowest BCUT2D eigenvalue weighted by molar-refractivity contribution is -0.889. The largest absolute Gasteiger partial charge is 0.544 e. The van der Waals surface area contributed by atoms with E-state index in [-0.39, 0.29) is 49.1 Å². The van der Waals surface area contributed by atoms with Gasteiger partial charge >= 0.3 is 11.9 Å². The summed E-state index contributed by atoms with van der Waals surface area (Å²) in [5, 5.41) is 11.6. The van der Waals surface area contributed by atoms with E-state index in [1.807, 2.05) is 12.2 Å². The van der Waals surface area contributed by atoms with E-state index in [1.54, 1.807) is 21.1 Å². The van der Waals surface area contributed by atoms with E-state index in [0.717, 1.165) is 51.4 Å². The van der Waals surface area contributed by atoms with Gasteiger partial charge < -0.3 is 28.6 Å². The average molecular weight is 826 g/mol. The van der Waals surface area contributed by atoms with E-state index < -0.39 is 18.1 Å². The molecule has 0 saturated heterocycles. The lowest BCUT2D eigenvalue weighted by Crippen LogP contribution is -2.55. The fourth-order valence-corrected chi connectivity index (χ4v) is 6.47. The maximum absolute atomic E-state index is 12.7. The Balaban J connectivity index is 4.41. The first-order valence-electron chi connectivity index (χ1n) is 23.5. The Morgan fingerprint density at radius 1 is 0.525 bits per heavy atom. The van der Waals surface area contributed by atoms with E-state index in [1.165, 1.54) is 89.9 Å². The topological polar surface area (TPSA) is 102 Å².